The van der Waals surface area contributed by atoms with Gasteiger partial charge in [0.05, 0.1) is 0 Å². The molecule has 0 spiro atoms. The summed E-state index contributed by atoms with van der Waals surface area (Å²) in [5.74, 6) is 0.214. The number of carbonyl (C=O) groups excluding carboxylic acids is 1. The third-order valence-corrected chi connectivity index (χ3v) is 5.69. The number of nitrogens with one attached hydrogen (secondary N) is 1. The Morgan fingerprint density at radius 2 is 1.11 bits per heavy atom. The molecule has 1 amide bonds. The number of carbonyl (C=O) groups is 1. The van der Waals surface area contributed by atoms with E-state index in [4.69, 9.17) is 0 Å². The standard InChI is InChI=1S/C23H47BrN2O/c1-3-5-7-9-13-17-21-26(22-18-14-10-8-6-4-2)25-23(27)19-15-11-12-16-20-24/h3-22H2,1-2H3,(H,25,27). The van der Waals surface area contributed by atoms with Crippen LogP contribution in [0.4, 0.5) is 0 Å². The number of amides is 1. The van der Waals surface area contributed by atoms with Gasteiger partial charge in [-0.15, -0.1) is 0 Å². The Bertz CT molecular complexity index is 297. The number of hydrogen-bond acceptors (Lipinski definition) is 2. The predicted octanol–water partition coefficient (Wildman–Crippen LogP) is 7.39. The highest BCUT2D eigenvalue weighted by Crippen LogP contribution is 2.09. The Kier molecular flexibility index (Phi) is 22.1. The van der Waals surface area contributed by atoms with Crippen molar-refractivity contribution in [1.82, 2.24) is 10.4 Å². The SMILES string of the molecule is CCCCCCCCN(CCCCCCCC)NC(=O)CCCCCCBr. The van der Waals surface area contributed by atoms with Crippen molar-refractivity contribution in [2.45, 2.75) is 123 Å². The van der Waals surface area contributed by atoms with E-state index in [1.165, 1.54) is 89.9 Å². The molecule has 27 heavy (non-hydrogen) atoms. The van der Waals surface area contributed by atoms with E-state index in [0.717, 1.165) is 31.3 Å². The van der Waals surface area contributed by atoms with Crippen LogP contribution in [0.3, 0.4) is 0 Å². The lowest BCUT2D eigenvalue weighted by molar-refractivity contribution is -0.126. The van der Waals surface area contributed by atoms with Crippen LogP contribution in [0.15, 0.2) is 0 Å². The topological polar surface area (TPSA) is 32.3 Å². The predicted molar refractivity (Wildman–Crippen MR) is 123 cm³/mol. The van der Waals surface area contributed by atoms with Crippen molar-refractivity contribution in [1.29, 1.82) is 0 Å². The first kappa shape index (κ1) is 26.9. The second-order valence-electron chi connectivity index (χ2n) is 7.91. The second kappa shape index (κ2) is 22.2. The molecule has 0 aromatic heterocycles. The molecule has 0 bridgehead atoms. The lowest BCUT2D eigenvalue weighted by atomic mass is 10.1. The van der Waals surface area contributed by atoms with Crippen LogP contribution in [-0.2, 0) is 4.79 Å². The van der Waals surface area contributed by atoms with Gasteiger partial charge < -0.3 is 0 Å². The van der Waals surface area contributed by atoms with E-state index in [-0.39, 0.29) is 5.91 Å². The molecule has 0 fully saturated rings. The molecule has 0 heterocycles. The summed E-state index contributed by atoms with van der Waals surface area (Å²) in [4.78, 5) is 12.3. The van der Waals surface area contributed by atoms with Gasteiger partial charge >= 0.3 is 0 Å². The zero-order valence-corrected chi connectivity index (χ0v) is 20.0. The summed E-state index contributed by atoms with van der Waals surface area (Å²) in [6.07, 6.45) is 20.9. The zero-order valence-electron chi connectivity index (χ0n) is 18.4. The third kappa shape index (κ3) is 20.5. The molecule has 0 aliphatic heterocycles. The van der Waals surface area contributed by atoms with Crippen molar-refractivity contribution in [3.05, 3.63) is 0 Å². The van der Waals surface area contributed by atoms with Crippen LogP contribution >= 0.6 is 15.9 Å². The maximum atomic E-state index is 12.3. The molecule has 0 aliphatic rings. The van der Waals surface area contributed by atoms with Gasteiger partial charge in [0.25, 0.3) is 0 Å². The van der Waals surface area contributed by atoms with Gasteiger partial charge in [0.1, 0.15) is 0 Å². The van der Waals surface area contributed by atoms with Crippen molar-refractivity contribution in [2.75, 3.05) is 18.4 Å². The van der Waals surface area contributed by atoms with Crippen LogP contribution in [0.1, 0.15) is 123 Å². The van der Waals surface area contributed by atoms with Crippen LogP contribution in [0.2, 0.25) is 0 Å². The lowest BCUT2D eigenvalue weighted by Gasteiger charge is -2.23. The third-order valence-electron chi connectivity index (χ3n) is 5.13. The molecule has 4 heteroatoms. The number of nitrogens with zero attached hydrogens (tertiary/aromatic N) is 1. The lowest BCUT2D eigenvalue weighted by Crippen LogP contribution is -2.43. The summed E-state index contributed by atoms with van der Waals surface area (Å²) in [6, 6.07) is 0. The molecular weight excluding hydrogens is 400 g/mol. The molecule has 0 rings (SSSR count). The smallest absolute Gasteiger partial charge is 0.234 e. The van der Waals surface area contributed by atoms with Crippen molar-refractivity contribution in [3.8, 4) is 0 Å². The highest BCUT2D eigenvalue weighted by atomic mass is 79.9. The number of halogens is 1. The van der Waals surface area contributed by atoms with E-state index in [9.17, 15) is 4.79 Å². The van der Waals surface area contributed by atoms with Crippen molar-refractivity contribution < 1.29 is 4.79 Å². The van der Waals surface area contributed by atoms with E-state index >= 15 is 0 Å². The Hall–Kier alpha value is -0.0900. The summed E-state index contributed by atoms with van der Waals surface area (Å²) in [7, 11) is 0. The number of rotatable bonds is 21. The minimum absolute atomic E-state index is 0.214. The van der Waals surface area contributed by atoms with E-state index in [0.29, 0.717) is 6.42 Å². The van der Waals surface area contributed by atoms with Crippen LogP contribution < -0.4 is 5.43 Å². The van der Waals surface area contributed by atoms with Gasteiger partial charge in [-0.05, 0) is 25.7 Å². The van der Waals surface area contributed by atoms with Crippen molar-refractivity contribution in [3.63, 3.8) is 0 Å². The molecule has 0 aliphatic carbocycles. The van der Waals surface area contributed by atoms with E-state index in [1.807, 2.05) is 0 Å². The van der Waals surface area contributed by atoms with Gasteiger partial charge in [-0.25, -0.2) is 5.01 Å². The Balaban J connectivity index is 4.00. The Morgan fingerprint density at radius 3 is 1.63 bits per heavy atom. The average molecular weight is 448 g/mol. The van der Waals surface area contributed by atoms with Gasteiger partial charge in [0.15, 0.2) is 0 Å². The van der Waals surface area contributed by atoms with Crippen molar-refractivity contribution >= 4 is 21.8 Å². The van der Waals surface area contributed by atoms with Gasteiger partial charge in [0.2, 0.25) is 5.91 Å². The maximum Gasteiger partial charge on any atom is 0.234 e. The first-order valence-corrected chi connectivity index (χ1v) is 13.0. The number of hydrazine groups is 1. The van der Waals surface area contributed by atoms with E-state index in [1.54, 1.807) is 0 Å². The second-order valence-corrected chi connectivity index (χ2v) is 8.70. The number of alkyl halides is 1. The molecule has 0 aromatic rings. The van der Waals surface area contributed by atoms with E-state index in [2.05, 4.69) is 40.2 Å². The number of hydrogen-bond donors (Lipinski definition) is 1. The molecule has 162 valence electrons. The van der Waals surface area contributed by atoms with Crippen molar-refractivity contribution in [2.24, 2.45) is 0 Å². The largest absolute Gasteiger partial charge is 0.289 e. The van der Waals surface area contributed by atoms with Crippen LogP contribution in [-0.4, -0.2) is 29.3 Å². The molecule has 0 aromatic carbocycles. The monoisotopic (exact) mass is 446 g/mol. The molecule has 3 nitrogen and oxygen atoms in total. The summed E-state index contributed by atoms with van der Waals surface area (Å²) >= 11 is 3.46. The van der Waals surface area contributed by atoms with E-state index < -0.39 is 0 Å². The maximum absolute atomic E-state index is 12.3. The van der Waals surface area contributed by atoms with Crippen LogP contribution in [0.5, 0.6) is 0 Å². The fourth-order valence-electron chi connectivity index (χ4n) is 3.36. The first-order chi connectivity index (χ1) is 13.2. The molecule has 0 unspecified atom stereocenters. The fourth-order valence-corrected chi connectivity index (χ4v) is 3.75. The minimum atomic E-state index is 0.214. The van der Waals surface area contributed by atoms with Crippen LogP contribution in [0, 0.1) is 0 Å². The minimum Gasteiger partial charge on any atom is -0.289 e. The summed E-state index contributed by atoms with van der Waals surface area (Å²) in [5.41, 5.74) is 3.20. The zero-order chi connectivity index (χ0) is 20.0. The quantitative estimate of drug-likeness (QED) is 0.113. The highest BCUT2D eigenvalue weighted by Gasteiger charge is 2.09. The fraction of sp³-hybridized carbons (Fsp3) is 0.957. The molecule has 0 saturated heterocycles. The molecular formula is C23H47BrN2O. The van der Waals surface area contributed by atoms with Gasteiger partial charge in [-0.2, -0.15) is 0 Å². The molecule has 0 atom stereocenters. The van der Waals surface area contributed by atoms with Crippen LogP contribution in [0.25, 0.3) is 0 Å². The summed E-state index contributed by atoms with van der Waals surface area (Å²) in [5, 5.41) is 3.28. The molecule has 0 saturated carbocycles. The first-order valence-electron chi connectivity index (χ1n) is 11.8. The van der Waals surface area contributed by atoms with Gasteiger partial charge in [-0.1, -0.05) is 107 Å². The Morgan fingerprint density at radius 1 is 0.667 bits per heavy atom. The summed E-state index contributed by atoms with van der Waals surface area (Å²) in [6.45, 7) is 6.54. The summed E-state index contributed by atoms with van der Waals surface area (Å²) < 4.78 is 0. The molecule has 0 radical (unpaired) electrons. The Labute approximate surface area is 178 Å². The average Bonchev–Trinajstić information content (AvgIpc) is 2.66. The number of unbranched alkanes of at least 4 members (excludes halogenated alkanes) is 13. The molecule has 1 N–H and O–H groups in total. The highest BCUT2D eigenvalue weighted by molar-refractivity contribution is 9.09. The normalized spacial score (nSPS) is 11.3. The van der Waals surface area contributed by atoms with Gasteiger partial charge in [0, 0.05) is 24.8 Å². The van der Waals surface area contributed by atoms with Gasteiger partial charge in [-0.3, -0.25) is 10.2 Å².